The summed E-state index contributed by atoms with van der Waals surface area (Å²) < 4.78 is 0. The Hall–Kier alpha value is -4.82. The number of allylic oxidation sites excluding steroid dienone is 10. The van der Waals surface area contributed by atoms with Gasteiger partial charge in [0.05, 0.1) is 22.4 Å². The maximum Gasteiger partial charge on any atom is 0.0972 e. The van der Waals surface area contributed by atoms with Crippen molar-refractivity contribution in [2.24, 2.45) is 11.3 Å². The van der Waals surface area contributed by atoms with Gasteiger partial charge in [-0.2, -0.15) is 0 Å². The van der Waals surface area contributed by atoms with E-state index in [2.05, 4.69) is 134 Å². The molecule has 0 saturated carbocycles. The molecule has 8 rings (SSSR count). The van der Waals surface area contributed by atoms with Crippen molar-refractivity contribution in [2.75, 3.05) is 0 Å². The first-order valence-corrected chi connectivity index (χ1v) is 14.5. The molecule has 0 amide bonds. The molecule has 0 radical (unpaired) electrons. The van der Waals surface area contributed by atoms with Crippen molar-refractivity contribution in [1.82, 2.24) is 9.97 Å². The van der Waals surface area contributed by atoms with Gasteiger partial charge in [-0.1, -0.05) is 128 Å². The molecule has 2 atom stereocenters. The van der Waals surface area contributed by atoms with Crippen LogP contribution in [0.3, 0.4) is 0 Å². The number of benzene rings is 3. The number of fused-ring (bicyclic) bond motifs is 6. The predicted molar refractivity (Wildman–Crippen MR) is 171 cm³/mol. The van der Waals surface area contributed by atoms with Crippen molar-refractivity contribution < 1.29 is 0 Å². The minimum Gasteiger partial charge on any atom is -0.245 e. The third kappa shape index (κ3) is 3.94. The molecule has 0 bridgehead atoms. The Balaban J connectivity index is 1.20. The van der Waals surface area contributed by atoms with Crippen molar-refractivity contribution in [3.05, 3.63) is 150 Å². The highest BCUT2D eigenvalue weighted by molar-refractivity contribution is 6.04. The second-order valence-corrected chi connectivity index (χ2v) is 11.6. The second kappa shape index (κ2) is 9.38. The fourth-order valence-electron chi connectivity index (χ4n) is 6.84. The fourth-order valence-corrected chi connectivity index (χ4v) is 6.84. The molecule has 2 heterocycles. The Morgan fingerprint density at radius 2 is 1.29 bits per heavy atom. The van der Waals surface area contributed by atoms with Gasteiger partial charge >= 0.3 is 0 Å². The van der Waals surface area contributed by atoms with Crippen molar-refractivity contribution in [3.63, 3.8) is 0 Å². The first-order chi connectivity index (χ1) is 20.2. The van der Waals surface area contributed by atoms with E-state index in [1.165, 1.54) is 28.7 Å². The van der Waals surface area contributed by atoms with Crippen LogP contribution in [0.4, 0.5) is 0 Å². The molecule has 2 aromatic heterocycles. The van der Waals surface area contributed by atoms with E-state index in [4.69, 9.17) is 9.97 Å². The molecule has 2 unspecified atom stereocenters. The molecule has 3 aromatic carbocycles. The summed E-state index contributed by atoms with van der Waals surface area (Å²) in [5.74, 6) is 0.413. The quantitative estimate of drug-likeness (QED) is 0.219. The molecule has 3 aliphatic rings. The monoisotopic (exact) mass is 526 g/mol. The lowest BCUT2D eigenvalue weighted by Gasteiger charge is -2.44. The van der Waals surface area contributed by atoms with Crippen LogP contribution in [0.25, 0.3) is 49.9 Å². The third-order valence-corrected chi connectivity index (χ3v) is 9.19. The van der Waals surface area contributed by atoms with Gasteiger partial charge in [0.25, 0.3) is 0 Å². The van der Waals surface area contributed by atoms with Crippen molar-refractivity contribution in [2.45, 2.75) is 19.8 Å². The van der Waals surface area contributed by atoms with Gasteiger partial charge in [0, 0.05) is 33.2 Å². The highest BCUT2D eigenvalue weighted by Crippen LogP contribution is 2.53. The number of nitrogens with zero attached hydrogens (tertiary/aromatic N) is 2. The topological polar surface area (TPSA) is 25.8 Å². The van der Waals surface area contributed by atoms with Crippen LogP contribution in [0.15, 0.2) is 145 Å². The van der Waals surface area contributed by atoms with E-state index < -0.39 is 0 Å². The first kappa shape index (κ1) is 24.0. The number of hydrogen-bond donors (Lipinski definition) is 0. The van der Waals surface area contributed by atoms with Gasteiger partial charge in [-0.15, -0.1) is 0 Å². The van der Waals surface area contributed by atoms with E-state index in [9.17, 15) is 0 Å². The molecule has 2 heteroatoms. The summed E-state index contributed by atoms with van der Waals surface area (Å²) in [6.07, 6.45) is 18.6. The van der Waals surface area contributed by atoms with Crippen LogP contribution in [0.5, 0.6) is 0 Å². The smallest absolute Gasteiger partial charge is 0.0972 e. The number of hydrogen-bond acceptors (Lipinski definition) is 2. The van der Waals surface area contributed by atoms with Crippen molar-refractivity contribution in [1.29, 1.82) is 0 Å². The lowest BCUT2D eigenvalue weighted by Crippen LogP contribution is -2.33. The van der Waals surface area contributed by atoms with Crippen molar-refractivity contribution >= 4 is 27.4 Å². The van der Waals surface area contributed by atoms with Crippen LogP contribution < -0.4 is 0 Å². The lowest BCUT2D eigenvalue weighted by molar-refractivity contribution is 0.297. The van der Waals surface area contributed by atoms with Gasteiger partial charge in [0.1, 0.15) is 0 Å². The van der Waals surface area contributed by atoms with E-state index in [1.807, 2.05) is 6.07 Å². The number of pyridine rings is 2. The number of rotatable bonds is 3. The molecule has 41 heavy (non-hydrogen) atoms. The normalized spacial score (nSPS) is 21.2. The van der Waals surface area contributed by atoms with Crippen LogP contribution in [-0.2, 0) is 0 Å². The van der Waals surface area contributed by atoms with Gasteiger partial charge in [0.15, 0.2) is 0 Å². The molecule has 3 aliphatic carbocycles. The van der Waals surface area contributed by atoms with Gasteiger partial charge in [-0.25, -0.2) is 9.97 Å². The van der Waals surface area contributed by atoms with E-state index in [1.54, 1.807) is 0 Å². The van der Waals surface area contributed by atoms with E-state index >= 15 is 0 Å². The van der Waals surface area contributed by atoms with Gasteiger partial charge < -0.3 is 0 Å². The standard InChI is InChI=1S/C39H30N2/c1-39-24-8-7-11-31(39)25-33(32-12-5-6-13-34(32)39)26-14-16-28(17-15-26)36-23-21-30-19-18-29-20-22-35(27-9-3-2-4-10-27)40-37(29)38(30)41-36/h2-7,9-23,25,34H,8,24H2,1H3. The van der Waals surface area contributed by atoms with Gasteiger partial charge in [-0.05, 0) is 47.3 Å². The maximum atomic E-state index is 5.16. The molecule has 196 valence electrons. The largest absolute Gasteiger partial charge is 0.245 e. The summed E-state index contributed by atoms with van der Waals surface area (Å²) in [7, 11) is 0. The molecule has 0 fully saturated rings. The molecule has 5 aromatic rings. The summed E-state index contributed by atoms with van der Waals surface area (Å²) in [4.78, 5) is 10.2. The molecule has 0 spiro atoms. The van der Waals surface area contributed by atoms with Gasteiger partial charge in [-0.3, -0.25) is 0 Å². The van der Waals surface area contributed by atoms with Gasteiger partial charge in [0.2, 0.25) is 0 Å². The Bertz CT molecular complexity index is 1990. The second-order valence-electron chi connectivity index (χ2n) is 11.6. The predicted octanol–water partition coefficient (Wildman–Crippen LogP) is 9.91. The fraction of sp³-hybridized carbons (Fsp3) is 0.128. The van der Waals surface area contributed by atoms with E-state index in [0.717, 1.165) is 50.7 Å². The summed E-state index contributed by atoms with van der Waals surface area (Å²) >= 11 is 0. The minimum absolute atomic E-state index is 0.168. The average Bonchev–Trinajstić information content (AvgIpc) is 3.04. The van der Waals surface area contributed by atoms with Crippen LogP contribution in [0.2, 0.25) is 0 Å². The van der Waals surface area contributed by atoms with Crippen LogP contribution in [-0.4, -0.2) is 9.97 Å². The third-order valence-electron chi connectivity index (χ3n) is 9.19. The Labute approximate surface area is 240 Å². The highest BCUT2D eigenvalue weighted by atomic mass is 14.8. The first-order valence-electron chi connectivity index (χ1n) is 14.5. The summed E-state index contributed by atoms with van der Waals surface area (Å²) in [5, 5.41) is 2.20. The van der Waals surface area contributed by atoms with E-state index in [-0.39, 0.29) is 5.41 Å². The zero-order valence-electron chi connectivity index (χ0n) is 23.1. The summed E-state index contributed by atoms with van der Waals surface area (Å²) in [5.41, 5.74) is 11.7. The summed E-state index contributed by atoms with van der Waals surface area (Å²) in [6, 6.07) is 32.1. The molecule has 0 aliphatic heterocycles. The van der Waals surface area contributed by atoms with E-state index in [0.29, 0.717) is 5.92 Å². The Morgan fingerprint density at radius 3 is 2.00 bits per heavy atom. The zero-order valence-corrected chi connectivity index (χ0v) is 23.1. The minimum atomic E-state index is 0.168. The summed E-state index contributed by atoms with van der Waals surface area (Å²) in [6.45, 7) is 2.43. The number of aromatic nitrogens is 2. The molecule has 2 nitrogen and oxygen atoms in total. The van der Waals surface area contributed by atoms with Crippen LogP contribution in [0.1, 0.15) is 25.3 Å². The zero-order chi connectivity index (χ0) is 27.4. The maximum absolute atomic E-state index is 5.16. The highest BCUT2D eigenvalue weighted by Gasteiger charge is 2.41. The van der Waals surface area contributed by atoms with Crippen molar-refractivity contribution in [3.8, 4) is 22.5 Å². The molecular formula is C39H30N2. The Morgan fingerprint density at radius 1 is 0.659 bits per heavy atom. The van der Waals surface area contributed by atoms with Crippen LogP contribution >= 0.6 is 0 Å². The van der Waals surface area contributed by atoms with Crippen LogP contribution in [0, 0.1) is 11.3 Å². The average molecular weight is 527 g/mol. The Kier molecular flexibility index (Phi) is 5.50. The SMILES string of the molecule is CC12CCC=CC1=CC(c1ccc(-c3ccc4ccc5ccc(-c6ccccc6)nc5c4n3)cc1)=C1C=CC=CC12. The molecule has 0 saturated heterocycles. The molecule has 0 N–H and O–H groups in total. The molecular weight excluding hydrogens is 496 g/mol. The lowest BCUT2D eigenvalue weighted by atomic mass is 9.59.